The van der Waals surface area contributed by atoms with Crippen LogP contribution in [0.25, 0.3) is 0 Å². The van der Waals surface area contributed by atoms with Crippen LogP contribution < -0.4 is 20.5 Å². The molecular formula is C18H30N4O3. The fourth-order valence-electron chi connectivity index (χ4n) is 2.87. The van der Waals surface area contributed by atoms with Crippen molar-refractivity contribution in [1.29, 1.82) is 0 Å². The molecule has 1 aromatic carbocycles. The first-order valence-electron chi connectivity index (χ1n) is 8.77. The van der Waals surface area contributed by atoms with Crippen molar-refractivity contribution >= 4 is 5.96 Å². The van der Waals surface area contributed by atoms with Gasteiger partial charge >= 0.3 is 0 Å². The normalized spacial score (nSPS) is 17.2. The van der Waals surface area contributed by atoms with Crippen LogP contribution in [0.1, 0.15) is 24.9 Å². The Kier molecular flexibility index (Phi) is 7.81. The van der Waals surface area contributed by atoms with Crippen LogP contribution in [-0.4, -0.2) is 64.5 Å². The zero-order chi connectivity index (χ0) is 18.1. The molecule has 7 heteroatoms. The van der Waals surface area contributed by atoms with E-state index in [1.165, 1.54) is 0 Å². The van der Waals surface area contributed by atoms with Gasteiger partial charge in [0.05, 0.1) is 40.0 Å². The van der Waals surface area contributed by atoms with E-state index >= 15 is 0 Å². The molecular weight excluding hydrogens is 320 g/mol. The molecule has 1 aliphatic rings. The molecule has 140 valence electrons. The molecule has 1 saturated heterocycles. The summed E-state index contributed by atoms with van der Waals surface area (Å²) in [5.74, 6) is 1.93. The molecule has 3 N–H and O–H groups in total. The zero-order valence-corrected chi connectivity index (χ0v) is 15.5. The molecule has 0 aliphatic carbocycles. The first kappa shape index (κ1) is 19.3. The smallest absolute Gasteiger partial charge is 0.188 e. The molecule has 0 bridgehead atoms. The van der Waals surface area contributed by atoms with E-state index in [9.17, 15) is 0 Å². The summed E-state index contributed by atoms with van der Waals surface area (Å²) in [6.07, 6.45) is 1.01. The Bertz CT molecular complexity index is 559. The number of hydrogen-bond acceptors (Lipinski definition) is 5. The van der Waals surface area contributed by atoms with Gasteiger partial charge in [-0.05, 0) is 24.1 Å². The van der Waals surface area contributed by atoms with E-state index in [1.54, 1.807) is 14.2 Å². The van der Waals surface area contributed by atoms with Crippen LogP contribution in [0.3, 0.4) is 0 Å². The lowest BCUT2D eigenvalue weighted by Gasteiger charge is -2.34. The maximum Gasteiger partial charge on any atom is 0.188 e. The SMILES string of the molecule is CCCNC(N)=NCC(c1ccc(OC)c(OC)c1)N1CCOCC1. The van der Waals surface area contributed by atoms with Gasteiger partial charge < -0.3 is 25.3 Å². The van der Waals surface area contributed by atoms with Crippen LogP contribution in [0.15, 0.2) is 23.2 Å². The molecule has 1 aromatic rings. The Balaban J connectivity index is 2.21. The average molecular weight is 350 g/mol. The van der Waals surface area contributed by atoms with Gasteiger partial charge in [0.1, 0.15) is 0 Å². The number of nitrogens with zero attached hydrogens (tertiary/aromatic N) is 2. The third-order valence-corrected chi connectivity index (χ3v) is 4.27. The van der Waals surface area contributed by atoms with Gasteiger partial charge in [0.15, 0.2) is 17.5 Å². The summed E-state index contributed by atoms with van der Waals surface area (Å²) in [5.41, 5.74) is 7.10. The summed E-state index contributed by atoms with van der Waals surface area (Å²) in [4.78, 5) is 6.92. The van der Waals surface area contributed by atoms with Crippen LogP contribution >= 0.6 is 0 Å². The van der Waals surface area contributed by atoms with E-state index in [0.29, 0.717) is 12.5 Å². The summed E-state index contributed by atoms with van der Waals surface area (Å²) in [6.45, 7) is 6.72. The van der Waals surface area contributed by atoms with Crippen molar-refractivity contribution in [2.75, 3.05) is 53.6 Å². The van der Waals surface area contributed by atoms with Crippen molar-refractivity contribution < 1.29 is 14.2 Å². The summed E-state index contributed by atoms with van der Waals surface area (Å²) in [6, 6.07) is 6.13. The second-order valence-corrected chi connectivity index (χ2v) is 5.93. The summed E-state index contributed by atoms with van der Waals surface area (Å²) >= 11 is 0. The fraction of sp³-hybridized carbons (Fsp3) is 0.611. The minimum absolute atomic E-state index is 0.116. The Morgan fingerprint density at radius 2 is 2.00 bits per heavy atom. The molecule has 7 nitrogen and oxygen atoms in total. The van der Waals surface area contributed by atoms with Crippen LogP contribution in [-0.2, 0) is 4.74 Å². The third kappa shape index (κ3) is 5.51. The lowest BCUT2D eigenvalue weighted by Crippen LogP contribution is -2.41. The van der Waals surface area contributed by atoms with Crippen LogP contribution in [0.4, 0.5) is 0 Å². The number of benzene rings is 1. The molecule has 0 radical (unpaired) electrons. The predicted octanol–water partition coefficient (Wildman–Crippen LogP) is 1.39. The molecule has 0 aromatic heterocycles. The molecule has 1 atom stereocenters. The molecule has 1 unspecified atom stereocenters. The van der Waals surface area contributed by atoms with Gasteiger partial charge in [-0.3, -0.25) is 9.89 Å². The first-order valence-corrected chi connectivity index (χ1v) is 8.77. The number of morpholine rings is 1. The molecule has 1 fully saturated rings. The van der Waals surface area contributed by atoms with Gasteiger partial charge in [0.2, 0.25) is 0 Å². The number of aliphatic imine (C=N–C) groups is 1. The number of nitrogens with one attached hydrogen (secondary N) is 1. The van der Waals surface area contributed by atoms with Gasteiger partial charge in [-0.1, -0.05) is 13.0 Å². The Morgan fingerprint density at radius 3 is 2.64 bits per heavy atom. The quantitative estimate of drug-likeness (QED) is 0.545. The second-order valence-electron chi connectivity index (χ2n) is 5.93. The van der Waals surface area contributed by atoms with Crippen molar-refractivity contribution in [1.82, 2.24) is 10.2 Å². The number of hydrogen-bond donors (Lipinski definition) is 2. The van der Waals surface area contributed by atoms with Crippen LogP contribution in [0.2, 0.25) is 0 Å². The first-order chi connectivity index (χ1) is 12.2. The molecule has 1 heterocycles. The van der Waals surface area contributed by atoms with E-state index < -0.39 is 0 Å². The van der Waals surface area contributed by atoms with Crippen LogP contribution in [0.5, 0.6) is 11.5 Å². The Hall–Kier alpha value is -1.99. The molecule has 0 amide bonds. The van der Waals surface area contributed by atoms with Crippen molar-refractivity contribution in [2.45, 2.75) is 19.4 Å². The summed E-state index contributed by atoms with van der Waals surface area (Å²) < 4.78 is 16.3. The lowest BCUT2D eigenvalue weighted by atomic mass is 10.0. The Morgan fingerprint density at radius 1 is 1.28 bits per heavy atom. The molecule has 2 rings (SSSR count). The number of methoxy groups -OCH3 is 2. The highest BCUT2D eigenvalue weighted by atomic mass is 16.5. The highest BCUT2D eigenvalue weighted by Crippen LogP contribution is 2.32. The largest absolute Gasteiger partial charge is 0.493 e. The van der Waals surface area contributed by atoms with E-state index in [2.05, 4.69) is 28.2 Å². The van der Waals surface area contributed by atoms with E-state index in [0.717, 1.165) is 56.3 Å². The zero-order valence-electron chi connectivity index (χ0n) is 15.5. The van der Waals surface area contributed by atoms with Crippen molar-refractivity contribution in [3.63, 3.8) is 0 Å². The summed E-state index contributed by atoms with van der Waals surface area (Å²) in [5, 5.41) is 3.12. The number of rotatable bonds is 8. The molecule has 25 heavy (non-hydrogen) atoms. The third-order valence-electron chi connectivity index (χ3n) is 4.27. The van der Waals surface area contributed by atoms with Gasteiger partial charge in [-0.2, -0.15) is 0 Å². The maximum absolute atomic E-state index is 5.97. The molecule has 1 aliphatic heterocycles. The van der Waals surface area contributed by atoms with Crippen molar-refractivity contribution in [3.05, 3.63) is 23.8 Å². The molecule has 0 saturated carbocycles. The monoisotopic (exact) mass is 350 g/mol. The van der Waals surface area contributed by atoms with Crippen LogP contribution in [0, 0.1) is 0 Å². The predicted molar refractivity (Wildman–Crippen MR) is 99.5 cm³/mol. The van der Waals surface area contributed by atoms with E-state index in [4.69, 9.17) is 19.9 Å². The second kappa shape index (κ2) is 10.1. The van der Waals surface area contributed by atoms with Gasteiger partial charge in [-0.25, -0.2) is 0 Å². The number of nitrogens with two attached hydrogens (primary N) is 1. The topological polar surface area (TPSA) is 81.3 Å². The Labute approximate surface area is 150 Å². The van der Waals surface area contributed by atoms with Gasteiger partial charge in [0, 0.05) is 19.6 Å². The molecule has 0 spiro atoms. The summed E-state index contributed by atoms with van der Waals surface area (Å²) in [7, 11) is 3.29. The number of guanidine groups is 1. The van der Waals surface area contributed by atoms with Crippen molar-refractivity contribution in [3.8, 4) is 11.5 Å². The highest BCUT2D eigenvalue weighted by molar-refractivity contribution is 5.77. The standard InChI is InChI=1S/C18H30N4O3/c1-4-7-20-18(19)21-13-15(22-8-10-25-11-9-22)14-5-6-16(23-2)17(12-14)24-3/h5-6,12,15H,4,7-11,13H2,1-3H3,(H3,19,20,21). The van der Waals surface area contributed by atoms with Gasteiger partial charge in [0.25, 0.3) is 0 Å². The lowest BCUT2D eigenvalue weighted by molar-refractivity contribution is 0.0179. The van der Waals surface area contributed by atoms with E-state index in [-0.39, 0.29) is 6.04 Å². The minimum Gasteiger partial charge on any atom is -0.493 e. The fourth-order valence-corrected chi connectivity index (χ4v) is 2.87. The van der Waals surface area contributed by atoms with E-state index in [1.807, 2.05) is 12.1 Å². The highest BCUT2D eigenvalue weighted by Gasteiger charge is 2.23. The minimum atomic E-state index is 0.116. The average Bonchev–Trinajstić information content (AvgIpc) is 2.67. The number of ether oxygens (including phenoxy) is 3. The van der Waals surface area contributed by atoms with Gasteiger partial charge in [-0.15, -0.1) is 0 Å². The van der Waals surface area contributed by atoms with Crippen molar-refractivity contribution in [2.24, 2.45) is 10.7 Å². The maximum atomic E-state index is 5.97.